The number of aliphatic hydroxyl groups is 1. The zero-order chi connectivity index (χ0) is 25.3. The molecule has 1 aromatic carbocycles. The van der Waals surface area contributed by atoms with Crippen molar-refractivity contribution in [2.24, 2.45) is 10.4 Å². The number of hydrogen-bond acceptors (Lipinski definition) is 8. The molecule has 1 saturated heterocycles. The number of phenolic OH excluding ortho intramolecular Hbond substituents is 1. The third-order valence-corrected chi connectivity index (χ3v) is 6.61. The van der Waals surface area contributed by atoms with E-state index in [1.165, 1.54) is 11.0 Å². The van der Waals surface area contributed by atoms with E-state index in [0.717, 1.165) is 5.76 Å². The standard InChI is InChI=1S/C24H31N5O5S/c1-14-10-11-18(34-14)20(24(2,3)4)26-22-21(27-35(33)28-22)25-17-9-5-8-16(19(17)31)23(32)29-12-6-7-15(30)13-29/h5,8-11,15,20,30-31H,6-7,12-13H2,1-4H3,(H,25,27)(H,26,28)/t15?,20-,35?/m0/s1. The number of H-pyrrole nitrogens is 1. The van der Waals surface area contributed by atoms with E-state index in [1.54, 1.807) is 12.1 Å². The minimum absolute atomic E-state index is 0.105. The second kappa shape index (κ2) is 9.84. The molecule has 4 rings (SSSR count). The highest BCUT2D eigenvalue weighted by molar-refractivity contribution is 7.13. The van der Waals surface area contributed by atoms with Gasteiger partial charge in [0.05, 0.1) is 17.4 Å². The highest BCUT2D eigenvalue weighted by Crippen LogP contribution is 2.37. The van der Waals surface area contributed by atoms with Gasteiger partial charge in [-0.1, -0.05) is 26.8 Å². The molecule has 188 valence electrons. The molecule has 3 heterocycles. The number of hydrogen-bond donors (Lipinski definition) is 4. The van der Waals surface area contributed by atoms with Gasteiger partial charge in [-0.2, -0.15) is 0 Å². The minimum atomic E-state index is -1.75. The van der Waals surface area contributed by atoms with Crippen molar-refractivity contribution in [3.05, 3.63) is 52.9 Å². The van der Waals surface area contributed by atoms with Gasteiger partial charge in [0.25, 0.3) is 5.91 Å². The summed E-state index contributed by atoms with van der Waals surface area (Å²) in [5, 5.41) is 23.8. The number of carbonyl (C=O) groups excluding carboxylic acids is 1. The van der Waals surface area contributed by atoms with Gasteiger partial charge in [0.15, 0.2) is 16.9 Å². The molecule has 3 aromatic rings. The van der Waals surface area contributed by atoms with Crippen molar-refractivity contribution in [1.82, 2.24) is 13.6 Å². The highest BCUT2D eigenvalue weighted by Gasteiger charge is 2.30. The van der Waals surface area contributed by atoms with Gasteiger partial charge < -0.3 is 29.4 Å². The van der Waals surface area contributed by atoms with Gasteiger partial charge in [-0.3, -0.25) is 4.79 Å². The van der Waals surface area contributed by atoms with E-state index < -0.39 is 23.3 Å². The van der Waals surface area contributed by atoms with Gasteiger partial charge in [-0.15, -0.1) is 4.37 Å². The number of anilines is 2. The Morgan fingerprint density at radius 3 is 2.80 bits per heavy atom. The number of amides is 1. The Morgan fingerprint density at radius 2 is 2.14 bits per heavy atom. The van der Waals surface area contributed by atoms with Crippen LogP contribution in [0.2, 0.25) is 0 Å². The molecule has 4 N–H and O–H groups in total. The number of phenols is 1. The maximum Gasteiger partial charge on any atom is 0.257 e. The first-order valence-corrected chi connectivity index (χ1v) is 12.6. The fourth-order valence-corrected chi connectivity index (χ4v) is 4.78. The van der Waals surface area contributed by atoms with E-state index >= 15 is 0 Å². The summed E-state index contributed by atoms with van der Waals surface area (Å²) in [5.74, 6) is 0.980. The molecule has 35 heavy (non-hydrogen) atoms. The Balaban J connectivity index is 1.67. The first kappa shape index (κ1) is 25.0. The Labute approximate surface area is 206 Å². The Kier molecular flexibility index (Phi) is 7.02. The molecule has 10 nitrogen and oxygen atoms in total. The van der Waals surface area contributed by atoms with Gasteiger partial charge in [-0.05, 0) is 49.4 Å². The molecule has 0 spiro atoms. The summed E-state index contributed by atoms with van der Waals surface area (Å²) in [6, 6.07) is 8.09. The topological polar surface area (TPSA) is 150 Å². The van der Waals surface area contributed by atoms with Crippen molar-refractivity contribution in [1.29, 1.82) is 0 Å². The molecule has 1 amide bonds. The van der Waals surface area contributed by atoms with E-state index in [0.29, 0.717) is 25.1 Å². The molecule has 0 bridgehead atoms. The highest BCUT2D eigenvalue weighted by atomic mass is 32.2. The van der Waals surface area contributed by atoms with Gasteiger partial charge in [0, 0.05) is 17.5 Å². The Hall–Kier alpha value is -3.15. The number of aryl methyl sites for hydroxylation is 1. The maximum absolute atomic E-state index is 13.0. The van der Waals surface area contributed by atoms with E-state index in [9.17, 15) is 19.6 Å². The molecule has 0 aliphatic carbocycles. The lowest BCUT2D eigenvalue weighted by atomic mass is 9.86. The molecule has 1 fully saturated rings. The number of rotatable bonds is 5. The summed E-state index contributed by atoms with van der Waals surface area (Å²) in [5.41, 5.74) is 0.268. The van der Waals surface area contributed by atoms with Crippen molar-refractivity contribution >= 4 is 28.6 Å². The smallest absolute Gasteiger partial charge is 0.257 e. The average Bonchev–Trinajstić information content (AvgIpc) is 3.36. The van der Waals surface area contributed by atoms with Crippen LogP contribution in [0.25, 0.3) is 0 Å². The maximum atomic E-state index is 13.0. The van der Waals surface area contributed by atoms with Crippen molar-refractivity contribution in [2.75, 3.05) is 18.4 Å². The molecule has 1 aliphatic rings. The number of aromatic nitrogens is 2. The zero-order valence-electron chi connectivity index (χ0n) is 20.2. The summed E-state index contributed by atoms with van der Waals surface area (Å²) in [4.78, 5) is 19.3. The number of β-amino-alcohol motifs (C(OH)–C–C–N with tert-alkyl or cyclic N) is 1. The van der Waals surface area contributed by atoms with E-state index in [1.807, 2.05) is 39.8 Å². The molecule has 0 saturated carbocycles. The number of para-hydroxylation sites is 1. The minimum Gasteiger partial charge on any atom is -0.548 e. The number of carbonyl (C=O) groups is 1. The predicted molar refractivity (Wildman–Crippen MR) is 131 cm³/mol. The van der Waals surface area contributed by atoms with Crippen LogP contribution in [-0.4, -0.2) is 53.5 Å². The van der Waals surface area contributed by atoms with Gasteiger partial charge in [-0.25, -0.2) is 4.99 Å². The molecule has 2 aromatic heterocycles. The average molecular weight is 502 g/mol. The monoisotopic (exact) mass is 501 g/mol. The van der Waals surface area contributed by atoms with Gasteiger partial charge in [0.1, 0.15) is 17.6 Å². The molecule has 11 heteroatoms. The third-order valence-electron chi connectivity index (χ3n) is 5.89. The summed E-state index contributed by atoms with van der Waals surface area (Å²) < 4.78 is 24.9. The molecular weight excluding hydrogens is 470 g/mol. The first-order chi connectivity index (χ1) is 16.5. The zero-order valence-corrected chi connectivity index (χ0v) is 21.1. The van der Waals surface area contributed by atoms with Crippen LogP contribution in [0.5, 0.6) is 5.75 Å². The number of aromatic hydroxyl groups is 1. The largest absolute Gasteiger partial charge is 0.548 e. The molecule has 0 radical (unpaired) electrons. The van der Waals surface area contributed by atoms with Crippen LogP contribution in [0, 0.1) is 12.3 Å². The summed E-state index contributed by atoms with van der Waals surface area (Å²) in [7, 11) is 0. The van der Waals surface area contributed by atoms with Gasteiger partial charge in [0.2, 0.25) is 11.3 Å². The normalized spacial score (nSPS) is 18.6. The number of likely N-dealkylation sites (tertiary alicyclic amines) is 1. The summed E-state index contributed by atoms with van der Waals surface area (Å²) in [6.45, 7) is 8.66. The number of furan rings is 1. The van der Waals surface area contributed by atoms with Crippen LogP contribution in [0.1, 0.15) is 61.5 Å². The lowest BCUT2D eigenvalue weighted by molar-refractivity contribution is 0.0471. The molecule has 3 atom stereocenters. The van der Waals surface area contributed by atoms with Crippen molar-refractivity contribution in [3.63, 3.8) is 0 Å². The predicted octanol–water partition coefficient (Wildman–Crippen LogP) is 3.77. The van der Waals surface area contributed by atoms with Gasteiger partial charge >= 0.3 is 0 Å². The Morgan fingerprint density at radius 1 is 1.37 bits per heavy atom. The van der Waals surface area contributed by atoms with Crippen LogP contribution in [0.15, 0.2) is 39.7 Å². The van der Waals surface area contributed by atoms with Crippen LogP contribution in [0.4, 0.5) is 11.5 Å². The van der Waals surface area contributed by atoms with Crippen molar-refractivity contribution < 1.29 is 24.0 Å². The lowest BCUT2D eigenvalue weighted by Crippen LogP contribution is -2.42. The van der Waals surface area contributed by atoms with Crippen LogP contribution in [-0.2, 0) is 0 Å². The van der Waals surface area contributed by atoms with Crippen LogP contribution in [0.3, 0.4) is 0 Å². The first-order valence-electron chi connectivity index (χ1n) is 11.5. The fraction of sp³-hybridized carbons (Fsp3) is 0.458. The van der Waals surface area contributed by atoms with E-state index in [-0.39, 0.29) is 46.2 Å². The van der Waals surface area contributed by atoms with E-state index in [4.69, 9.17) is 9.41 Å². The second-order valence-corrected chi connectivity index (χ2v) is 10.7. The van der Waals surface area contributed by atoms with Crippen molar-refractivity contribution in [3.8, 4) is 5.75 Å². The number of nitrogens with zero attached hydrogens (tertiary/aromatic N) is 3. The summed E-state index contributed by atoms with van der Waals surface area (Å²) in [6.07, 6.45) is 0.776. The Bertz CT molecular complexity index is 1270. The third kappa shape index (κ3) is 5.58. The summed E-state index contributed by atoms with van der Waals surface area (Å²) >= 11 is -1.75. The molecular formula is C24H31N5O5S. The second-order valence-electron chi connectivity index (χ2n) is 9.86. The number of piperidine rings is 1. The fourth-order valence-electron chi connectivity index (χ4n) is 4.12. The van der Waals surface area contributed by atoms with E-state index in [2.05, 4.69) is 14.1 Å². The molecule has 2 unspecified atom stereocenters. The number of benzene rings is 1. The number of aromatic amines is 1. The van der Waals surface area contributed by atoms with Crippen LogP contribution < -0.4 is 10.8 Å². The quantitative estimate of drug-likeness (QED) is 0.307. The van der Waals surface area contributed by atoms with Crippen LogP contribution >= 0.6 is 11.1 Å². The van der Waals surface area contributed by atoms with Crippen molar-refractivity contribution in [2.45, 2.75) is 52.7 Å². The lowest BCUT2D eigenvalue weighted by Gasteiger charge is -2.30. The number of nitrogens with one attached hydrogen (secondary N) is 2. The molecule has 1 aliphatic heterocycles. The SMILES string of the molecule is Cc1ccc([C@H](N=c2[nH][s+]([O-])nc2Nc2cccc(C(=O)N3CCCC(O)C3)c2O)C(C)(C)C)o1. The number of aliphatic hydroxyl groups excluding tert-OH is 1.